The first-order valence-electron chi connectivity index (χ1n) is 4.90. The van der Waals surface area contributed by atoms with Gasteiger partial charge in [-0.05, 0) is 31.2 Å². The van der Waals surface area contributed by atoms with Gasteiger partial charge < -0.3 is 20.9 Å². The van der Waals surface area contributed by atoms with Crippen LogP contribution in [0.4, 0.5) is 0 Å². The molecule has 0 saturated heterocycles. The minimum atomic E-state index is -0.111. The van der Waals surface area contributed by atoms with Gasteiger partial charge in [-0.15, -0.1) is 12.4 Å². The predicted molar refractivity (Wildman–Crippen MR) is 67.4 cm³/mol. The monoisotopic (exact) mass is 246 g/mol. The smallest absolute Gasteiger partial charge is 0.123 e. The molecule has 0 unspecified atom stereocenters. The highest BCUT2D eigenvalue weighted by atomic mass is 35.5. The van der Waals surface area contributed by atoms with Crippen LogP contribution in [0.5, 0.6) is 11.5 Å². The lowest BCUT2D eigenvalue weighted by molar-refractivity contribution is 0.394. The van der Waals surface area contributed by atoms with E-state index in [2.05, 4.69) is 0 Å². The maximum Gasteiger partial charge on any atom is 0.123 e. The van der Waals surface area contributed by atoms with Gasteiger partial charge >= 0.3 is 0 Å². The Balaban J connectivity index is 0.00000225. The molecule has 0 bridgehead atoms. The van der Waals surface area contributed by atoms with Crippen molar-refractivity contribution in [2.45, 2.75) is 12.5 Å². The molecule has 92 valence electrons. The van der Waals surface area contributed by atoms with Crippen molar-refractivity contribution in [3.05, 3.63) is 23.8 Å². The summed E-state index contributed by atoms with van der Waals surface area (Å²) in [4.78, 5) is 0. The van der Waals surface area contributed by atoms with Crippen LogP contribution in [0.3, 0.4) is 0 Å². The first-order chi connectivity index (χ1) is 7.22. The average molecular weight is 247 g/mol. The van der Waals surface area contributed by atoms with Gasteiger partial charge in [-0.25, -0.2) is 0 Å². The number of benzene rings is 1. The first-order valence-corrected chi connectivity index (χ1v) is 4.90. The second-order valence-corrected chi connectivity index (χ2v) is 3.29. The Kier molecular flexibility index (Phi) is 6.88. The summed E-state index contributed by atoms with van der Waals surface area (Å²) in [6, 6.07) is 5.47. The van der Waals surface area contributed by atoms with Gasteiger partial charge in [0.05, 0.1) is 14.2 Å². The summed E-state index contributed by atoms with van der Waals surface area (Å²) < 4.78 is 10.4. The zero-order valence-electron chi connectivity index (χ0n) is 9.60. The van der Waals surface area contributed by atoms with Crippen molar-refractivity contribution in [3.63, 3.8) is 0 Å². The Hall–Kier alpha value is -0.970. The minimum absolute atomic E-state index is 0. The van der Waals surface area contributed by atoms with E-state index < -0.39 is 0 Å². The highest BCUT2D eigenvalue weighted by Crippen LogP contribution is 2.29. The molecule has 0 aliphatic carbocycles. The van der Waals surface area contributed by atoms with Crippen LogP contribution >= 0.6 is 12.4 Å². The second-order valence-electron chi connectivity index (χ2n) is 3.29. The van der Waals surface area contributed by atoms with Crippen molar-refractivity contribution in [2.24, 2.45) is 11.5 Å². The van der Waals surface area contributed by atoms with Gasteiger partial charge in [0.2, 0.25) is 0 Å². The Bertz CT molecular complexity index is 321. The number of hydrogen-bond donors (Lipinski definition) is 2. The molecule has 0 radical (unpaired) electrons. The van der Waals surface area contributed by atoms with Crippen LogP contribution in [-0.2, 0) is 0 Å². The first kappa shape index (κ1) is 15.0. The lowest BCUT2D eigenvalue weighted by Crippen LogP contribution is -2.16. The third-order valence-corrected chi connectivity index (χ3v) is 2.31. The summed E-state index contributed by atoms with van der Waals surface area (Å²) in [7, 11) is 3.25. The third-order valence-electron chi connectivity index (χ3n) is 2.31. The quantitative estimate of drug-likeness (QED) is 0.826. The molecule has 1 atom stereocenters. The topological polar surface area (TPSA) is 70.5 Å². The number of nitrogens with two attached hydrogens (primary N) is 2. The molecule has 5 heteroatoms. The van der Waals surface area contributed by atoms with Crippen molar-refractivity contribution in [2.75, 3.05) is 20.8 Å². The Morgan fingerprint density at radius 2 is 1.94 bits per heavy atom. The lowest BCUT2D eigenvalue weighted by atomic mass is 10.0. The van der Waals surface area contributed by atoms with Gasteiger partial charge in [0.15, 0.2) is 0 Å². The largest absolute Gasteiger partial charge is 0.497 e. The van der Waals surface area contributed by atoms with Crippen molar-refractivity contribution < 1.29 is 9.47 Å². The molecule has 1 aromatic carbocycles. The molecule has 0 saturated carbocycles. The van der Waals surface area contributed by atoms with E-state index in [4.69, 9.17) is 20.9 Å². The van der Waals surface area contributed by atoms with Gasteiger partial charge in [0.25, 0.3) is 0 Å². The van der Waals surface area contributed by atoms with Crippen LogP contribution in [0.2, 0.25) is 0 Å². The molecule has 0 aliphatic heterocycles. The molecule has 1 aromatic rings. The summed E-state index contributed by atoms with van der Waals surface area (Å²) in [5.41, 5.74) is 12.4. The molecule has 0 heterocycles. The Labute approximate surface area is 102 Å². The van der Waals surface area contributed by atoms with E-state index in [1.165, 1.54) is 0 Å². The zero-order valence-corrected chi connectivity index (χ0v) is 10.4. The van der Waals surface area contributed by atoms with Gasteiger partial charge in [-0.2, -0.15) is 0 Å². The molecular weight excluding hydrogens is 228 g/mol. The molecule has 0 aliphatic rings. The van der Waals surface area contributed by atoms with Crippen LogP contribution in [0, 0.1) is 0 Å². The van der Waals surface area contributed by atoms with Gasteiger partial charge in [0.1, 0.15) is 11.5 Å². The fourth-order valence-corrected chi connectivity index (χ4v) is 1.46. The van der Waals surface area contributed by atoms with Crippen molar-refractivity contribution in [1.82, 2.24) is 0 Å². The van der Waals surface area contributed by atoms with Gasteiger partial charge in [0, 0.05) is 11.6 Å². The van der Waals surface area contributed by atoms with Crippen LogP contribution in [-0.4, -0.2) is 20.8 Å². The van der Waals surface area contributed by atoms with Crippen LogP contribution in [0.25, 0.3) is 0 Å². The fourth-order valence-electron chi connectivity index (χ4n) is 1.46. The predicted octanol–water partition coefficient (Wildman–Crippen LogP) is 1.47. The van der Waals surface area contributed by atoms with E-state index in [9.17, 15) is 0 Å². The molecule has 0 amide bonds. The molecule has 1 rings (SSSR count). The van der Waals surface area contributed by atoms with E-state index in [1.54, 1.807) is 14.2 Å². The second kappa shape index (κ2) is 7.33. The van der Waals surface area contributed by atoms with Gasteiger partial charge in [-0.1, -0.05) is 0 Å². The van der Waals surface area contributed by atoms with Crippen LogP contribution in [0.15, 0.2) is 18.2 Å². The number of methoxy groups -OCH3 is 2. The van der Waals surface area contributed by atoms with Crippen LogP contribution in [0.1, 0.15) is 18.0 Å². The van der Waals surface area contributed by atoms with Crippen LogP contribution < -0.4 is 20.9 Å². The highest BCUT2D eigenvalue weighted by Gasteiger charge is 2.12. The maximum absolute atomic E-state index is 5.99. The number of hydrogen-bond acceptors (Lipinski definition) is 4. The van der Waals surface area contributed by atoms with E-state index in [-0.39, 0.29) is 18.4 Å². The third kappa shape index (κ3) is 3.56. The molecule has 0 spiro atoms. The average Bonchev–Trinajstić information content (AvgIpc) is 2.28. The van der Waals surface area contributed by atoms with E-state index in [1.807, 2.05) is 18.2 Å². The van der Waals surface area contributed by atoms with Crippen molar-refractivity contribution in [3.8, 4) is 11.5 Å². The van der Waals surface area contributed by atoms with Gasteiger partial charge in [-0.3, -0.25) is 0 Å². The SMILES string of the molecule is COc1ccc(OC)c([C@H](N)CCN)c1.Cl. The minimum Gasteiger partial charge on any atom is -0.497 e. The molecule has 0 fully saturated rings. The molecule has 16 heavy (non-hydrogen) atoms. The molecular formula is C11H19ClN2O2. The lowest BCUT2D eigenvalue weighted by Gasteiger charge is -2.15. The van der Waals surface area contributed by atoms with Crippen molar-refractivity contribution in [1.29, 1.82) is 0 Å². The number of halogens is 1. The normalized spacial score (nSPS) is 11.5. The summed E-state index contributed by atoms with van der Waals surface area (Å²) in [6.07, 6.45) is 0.726. The number of rotatable bonds is 5. The summed E-state index contributed by atoms with van der Waals surface area (Å²) in [5.74, 6) is 1.55. The van der Waals surface area contributed by atoms with E-state index in [0.29, 0.717) is 6.54 Å². The highest BCUT2D eigenvalue weighted by molar-refractivity contribution is 5.85. The Morgan fingerprint density at radius 3 is 2.44 bits per heavy atom. The fraction of sp³-hybridized carbons (Fsp3) is 0.455. The van der Waals surface area contributed by atoms with Crippen molar-refractivity contribution >= 4 is 12.4 Å². The molecule has 0 aromatic heterocycles. The molecule has 4 nitrogen and oxygen atoms in total. The molecule has 4 N–H and O–H groups in total. The Morgan fingerprint density at radius 1 is 1.25 bits per heavy atom. The van der Waals surface area contributed by atoms with E-state index >= 15 is 0 Å². The summed E-state index contributed by atoms with van der Waals surface area (Å²) in [5, 5.41) is 0. The maximum atomic E-state index is 5.99. The summed E-state index contributed by atoms with van der Waals surface area (Å²) >= 11 is 0. The zero-order chi connectivity index (χ0) is 11.3. The van der Waals surface area contributed by atoms with E-state index in [0.717, 1.165) is 23.5 Å². The standard InChI is InChI=1S/C11H18N2O2.ClH/c1-14-8-3-4-11(15-2)9(7-8)10(13)5-6-12;/h3-4,7,10H,5-6,12-13H2,1-2H3;1H/t10-;/m1./s1. The summed E-state index contributed by atoms with van der Waals surface area (Å²) in [6.45, 7) is 0.557. The number of ether oxygens (including phenoxy) is 2.